The van der Waals surface area contributed by atoms with Crippen LogP contribution < -0.4 is 4.46 Å². The van der Waals surface area contributed by atoms with Crippen LogP contribution in [0.25, 0.3) is 0 Å². The van der Waals surface area contributed by atoms with E-state index in [1.165, 1.54) is 36.6 Å². The van der Waals surface area contributed by atoms with Crippen LogP contribution in [0.1, 0.15) is 65.7 Å². The van der Waals surface area contributed by atoms with Crippen molar-refractivity contribution >= 4 is 33.5 Å². The van der Waals surface area contributed by atoms with E-state index in [9.17, 15) is 4.79 Å². The SMILES string of the molecule is CC(C)(C)[Si](C)(C)O[C@H](C(=O)CCC[Se]c1ccccc1)C1CCCCC1. The standard InChI is InChI=1S/C23H38O2SeSi/c1-23(2,3)27(4,5)25-22(19-13-8-6-9-14-19)21(24)17-12-18-26-20-15-10-7-11-16-20/h7,10-11,15-16,19,22H,6,8-9,12-14,17-18H2,1-5H3/t22-/m0/s1. The number of benzene rings is 1. The molecule has 2 nitrogen and oxygen atoms in total. The number of hydrogen-bond acceptors (Lipinski definition) is 2. The Kier molecular flexibility index (Phi) is 8.80. The fourth-order valence-corrected chi connectivity index (χ4v) is 6.60. The number of rotatable bonds is 9. The molecule has 27 heavy (non-hydrogen) atoms. The average molecular weight is 454 g/mol. The van der Waals surface area contributed by atoms with Gasteiger partial charge in [-0.2, -0.15) is 0 Å². The second kappa shape index (κ2) is 10.4. The van der Waals surface area contributed by atoms with Gasteiger partial charge in [-0.3, -0.25) is 0 Å². The van der Waals surface area contributed by atoms with E-state index in [1.54, 1.807) is 0 Å². The van der Waals surface area contributed by atoms with Gasteiger partial charge in [-0.1, -0.05) is 0 Å². The Morgan fingerprint density at radius 2 is 1.78 bits per heavy atom. The van der Waals surface area contributed by atoms with Crippen molar-refractivity contribution in [3.63, 3.8) is 0 Å². The number of hydrogen-bond donors (Lipinski definition) is 0. The van der Waals surface area contributed by atoms with Crippen molar-refractivity contribution in [2.45, 2.75) is 95.3 Å². The fourth-order valence-electron chi connectivity index (χ4n) is 3.45. The minimum atomic E-state index is -1.93. The van der Waals surface area contributed by atoms with Gasteiger partial charge in [0.15, 0.2) is 0 Å². The molecular weight excluding hydrogens is 415 g/mol. The molecule has 0 bridgehead atoms. The Labute approximate surface area is 174 Å². The molecule has 0 unspecified atom stereocenters. The van der Waals surface area contributed by atoms with Crippen molar-refractivity contribution in [1.82, 2.24) is 0 Å². The van der Waals surface area contributed by atoms with E-state index in [4.69, 9.17) is 4.43 Å². The summed E-state index contributed by atoms with van der Waals surface area (Å²) in [5.74, 6) is 0.815. The second-order valence-electron chi connectivity index (χ2n) is 9.43. The number of carbonyl (C=O) groups excluding carboxylic acids is 1. The van der Waals surface area contributed by atoms with E-state index < -0.39 is 8.32 Å². The molecule has 1 saturated carbocycles. The van der Waals surface area contributed by atoms with E-state index in [0.29, 0.717) is 33.1 Å². The van der Waals surface area contributed by atoms with Crippen molar-refractivity contribution < 1.29 is 9.22 Å². The summed E-state index contributed by atoms with van der Waals surface area (Å²) in [6, 6.07) is 10.7. The number of ketones is 1. The molecule has 1 aromatic rings. The van der Waals surface area contributed by atoms with Crippen LogP contribution in [0.4, 0.5) is 0 Å². The molecule has 0 spiro atoms. The Hall–Kier alpha value is -0.414. The van der Waals surface area contributed by atoms with Gasteiger partial charge in [-0.25, -0.2) is 0 Å². The van der Waals surface area contributed by atoms with Gasteiger partial charge in [-0.15, -0.1) is 0 Å². The van der Waals surface area contributed by atoms with E-state index in [-0.39, 0.29) is 11.1 Å². The van der Waals surface area contributed by atoms with Gasteiger partial charge in [0.2, 0.25) is 0 Å². The third-order valence-corrected chi connectivity index (χ3v) is 13.0. The van der Waals surface area contributed by atoms with Gasteiger partial charge >= 0.3 is 174 Å². The molecular formula is C23H38O2SeSi. The van der Waals surface area contributed by atoms with E-state index in [2.05, 4.69) is 64.2 Å². The predicted octanol–water partition coefficient (Wildman–Crippen LogP) is 5.75. The Balaban J connectivity index is 1.94. The molecule has 2 rings (SSSR count). The maximum atomic E-state index is 13.2. The molecule has 1 fully saturated rings. The molecule has 1 aliphatic rings. The van der Waals surface area contributed by atoms with Crippen molar-refractivity contribution in [2.75, 3.05) is 0 Å². The van der Waals surface area contributed by atoms with Crippen molar-refractivity contribution in [3.8, 4) is 0 Å². The minimum absolute atomic E-state index is 0.149. The van der Waals surface area contributed by atoms with Crippen LogP contribution in [-0.2, 0) is 9.22 Å². The Bertz CT molecular complexity index is 574. The monoisotopic (exact) mass is 454 g/mol. The third kappa shape index (κ3) is 7.16. The molecule has 4 heteroatoms. The van der Waals surface area contributed by atoms with Crippen LogP contribution in [0.15, 0.2) is 30.3 Å². The summed E-state index contributed by atoms with van der Waals surface area (Å²) in [7, 11) is -1.93. The van der Waals surface area contributed by atoms with Crippen LogP contribution >= 0.6 is 0 Å². The fraction of sp³-hybridized carbons (Fsp3) is 0.696. The molecule has 0 radical (unpaired) electrons. The Morgan fingerprint density at radius 3 is 2.37 bits per heavy atom. The number of carbonyl (C=O) groups is 1. The molecule has 0 N–H and O–H groups in total. The maximum absolute atomic E-state index is 13.2. The summed E-state index contributed by atoms with van der Waals surface area (Å²) < 4.78 is 8.14. The quantitative estimate of drug-likeness (QED) is 0.351. The zero-order valence-corrected chi connectivity index (χ0v) is 20.6. The van der Waals surface area contributed by atoms with Crippen molar-refractivity contribution in [1.29, 1.82) is 0 Å². The first-order chi connectivity index (χ1) is 12.7. The normalized spacial score (nSPS) is 17.7. The molecule has 0 heterocycles. The van der Waals surface area contributed by atoms with Crippen LogP contribution in [0.3, 0.4) is 0 Å². The predicted molar refractivity (Wildman–Crippen MR) is 120 cm³/mol. The van der Waals surface area contributed by atoms with Gasteiger partial charge in [0.1, 0.15) is 0 Å². The molecule has 152 valence electrons. The molecule has 1 atom stereocenters. The first kappa shape index (κ1) is 22.9. The summed E-state index contributed by atoms with van der Waals surface area (Å²) in [4.78, 5) is 13.2. The van der Waals surface area contributed by atoms with Crippen LogP contribution in [0, 0.1) is 5.92 Å². The topological polar surface area (TPSA) is 26.3 Å². The summed E-state index contributed by atoms with van der Waals surface area (Å²) in [6.07, 6.45) is 7.69. The third-order valence-electron chi connectivity index (χ3n) is 6.20. The van der Waals surface area contributed by atoms with E-state index in [1.807, 2.05) is 0 Å². The van der Waals surface area contributed by atoms with Gasteiger partial charge in [0.25, 0.3) is 0 Å². The molecule has 1 aliphatic carbocycles. The van der Waals surface area contributed by atoms with Gasteiger partial charge in [-0.05, 0) is 0 Å². The molecule has 0 aliphatic heterocycles. The first-order valence-corrected chi connectivity index (χ1v) is 15.6. The average Bonchev–Trinajstić information content (AvgIpc) is 2.64. The van der Waals surface area contributed by atoms with Crippen LogP contribution in [0.5, 0.6) is 0 Å². The summed E-state index contributed by atoms with van der Waals surface area (Å²) in [5, 5.41) is 1.29. The molecule has 1 aromatic carbocycles. The zero-order valence-electron chi connectivity index (χ0n) is 17.9. The van der Waals surface area contributed by atoms with Crippen LogP contribution in [-0.4, -0.2) is 35.2 Å². The van der Waals surface area contributed by atoms with Crippen molar-refractivity contribution in [2.24, 2.45) is 5.92 Å². The zero-order chi connectivity index (χ0) is 19.9. The van der Waals surface area contributed by atoms with Gasteiger partial charge in [0.05, 0.1) is 0 Å². The number of Topliss-reactive ketones (excluding diaryl/α,β-unsaturated/α-hetero) is 1. The van der Waals surface area contributed by atoms with Gasteiger partial charge < -0.3 is 0 Å². The van der Waals surface area contributed by atoms with E-state index >= 15 is 0 Å². The van der Waals surface area contributed by atoms with E-state index in [0.717, 1.165) is 11.7 Å². The summed E-state index contributed by atoms with van der Waals surface area (Å²) in [5.41, 5.74) is 0. The first-order valence-electron chi connectivity index (χ1n) is 10.6. The second-order valence-corrected chi connectivity index (χ2v) is 16.6. The summed E-state index contributed by atoms with van der Waals surface area (Å²) in [6.45, 7) is 11.4. The molecule has 0 amide bonds. The van der Waals surface area contributed by atoms with Crippen molar-refractivity contribution in [3.05, 3.63) is 30.3 Å². The summed E-state index contributed by atoms with van der Waals surface area (Å²) >= 11 is 0.474. The Morgan fingerprint density at radius 1 is 1.15 bits per heavy atom. The van der Waals surface area contributed by atoms with Crippen LogP contribution in [0.2, 0.25) is 23.5 Å². The molecule has 0 aromatic heterocycles. The molecule has 0 saturated heterocycles. The van der Waals surface area contributed by atoms with Gasteiger partial charge in [0, 0.05) is 0 Å².